The Balaban J connectivity index is 1.73. The molecule has 4 heteroatoms. The number of nitrogens with one attached hydrogen (secondary N) is 1. The van der Waals surface area contributed by atoms with Crippen LogP contribution in [-0.2, 0) is 13.1 Å². The molecular formula is C17H18N4. The summed E-state index contributed by atoms with van der Waals surface area (Å²) in [5, 5.41) is 0. The van der Waals surface area contributed by atoms with Crippen molar-refractivity contribution in [2.24, 2.45) is 0 Å². The van der Waals surface area contributed by atoms with Gasteiger partial charge in [-0.2, -0.15) is 0 Å². The molecule has 1 aromatic carbocycles. The molecule has 0 fully saturated rings. The van der Waals surface area contributed by atoms with Crippen molar-refractivity contribution < 1.29 is 0 Å². The van der Waals surface area contributed by atoms with Gasteiger partial charge in [0.15, 0.2) is 0 Å². The van der Waals surface area contributed by atoms with E-state index < -0.39 is 0 Å². The van der Waals surface area contributed by atoms with Gasteiger partial charge in [0.2, 0.25) is 0 Å². The van der Waals surface area contributed by atoms with Crippen LogP contribution in [0.15, 0.2) is 61.2 Å². The van der Waals surface area contributed by atoms with Gasteiger partial charge in [-0.15, -0.1) is 0 Å². The molecule has 1 aliphatic heterocycles. The Hall–Kier alpha value is -2.33. The number of imidazole rings is 1. The lowest BCUT2D eigenvalue weighted by atomic mass is 10.00. The van der Waals surface area contributed by atoms with Gasteiger partial charge in [-0.05, 0) is 17.7 Å². The number of rotatable bonds is 3. The van der Waals surface area contributed by atoms with Crippen LogP contribution in [0, 0.1) is 0 Å². The Labute approximate surface area is 124 Å². The summed E-state index contributed by atoms with van der Waals surface area (Å²) in [5.74, 6) is 0. The minimum Gasteiger partial charge on any atom is -0.348 e. The summed E-state index contributed by atoms with van der Waals surface area (Å²) < 4.78 is 2.36. The van der Waals surface area contributed by atoms with E-state index in [0.717, 1.165) is 25.3 Å². The molecule has 3 heterocycles. The molecule has 1 aliphatic rings. The molecule has 0 saturated carbocycles. The molecule has 106 valence electrons. The number of nitrogens with zero attached hydrogens (tertiary/aromatic N) is 3. The standard InChI is InChI=1S/C17H18N4/c1-2-5-14(6-3-1)17-16-7-4-8-20(16)9-10-21(17)12-15-11-18-13-19-15/h1-8,11,13,17H,9-10,12H2,(H,18,19). The third kappa shape index (κ3) is 2.28. The van der Waals surface area contributed by atoms with Gasteiger partial charge < -0.3 is 9.55 Å². The number of hydrogen-bond acceptors (Lipinski definition) is 2. The van der Waals surface area contributed by atoms with E-state index in [9.17, 15) is 0 Å². The van der Waals surface area contributed by atoms with Gasteiger partial charge in [-0.1, -0.05) is 30.3 Å². The predicted octanol–water partition coefficient (Wildman–Crippen LogP) is 2.82. The first-order valence-corrected chi connectivity index (χ1v) is 7.33. The smallest absolute Gasteiger partial charge is 0.0922 e. The van der Waals surface area contributed by atoms with E-state index >= 15 is 0 Å². The van der Waals surface area contributed by atoms with E-state index in [1.54, 1.807) is 6.33 Å². The summed E-state index contributed by atoms with van der Waals surface area (Å²) in [4.78, 5) is 9.86. The van der Waals surface area contributed by atoms with Crippen LogP contribution < -0.4 is 0 Å². The van der Waals surface area contributed by atoms with Crippen molar-refractivity contribution in [1.29, 1.82) is 0 Å². The average molecular weight is 278 g/mol. The Bertz CT molecular complexity index is 699. The second-order valence-electron chi connectivity index (χ2n) is 5.49. The molecule has 4 nitrogen and oxygen atoms in total. The van der Waals surface area contributed by atoms with Crippen LogP contribution >= 0.6 is 0 Å². The molecule has 0 aliphatic carbocycles. The quantitative estimate of drug-likeness (QED) is 0.800. The van der Waals surface area contributed by atoms with E-state index in [2.05, 4.69) is 68.1 Å². The number of hydrogen-bond donors (Lipinski definition) is 1. The highest BCUT2D eigenvalue weighted by Gasteiger charge is 2.28. The van der Waals surface area contributed by atoms with Crippen molar-refractivity contribution in [2.45, 2.75) is 19.1 Å². The zero-order valence-electron chi connectivity index (χ0n) is 11.8. The van der Waals surface area contributed by atoms with Crippen LogP contribution in [0.1, 0.15) is 23.0 Å². The Kier molecular flexibility index (Phi) is 3.09. The summed E-state index contributed by atoms with van der Waals surface area (Å²) >= 11 is 0. The molecule has 1 N–H and O–H groups in total. The molecule has 4 rings (SSSR count). The van der Waals surface area contributed by atoms with Crippen molar-refractivity contribution in [3.05, 3.63) is 78.1 Å². The fourth-order valence-corrected chi connectivity index (χ4v) is 3.21. The normalized spacial score (nSPS) is 18.6. The third-order valence-electron chi connectivity index (χ3n) is 4.18. The van der Waals surface area contributed by atoms with Crippen LogP contribution in [0.3, 0.4) is 0 Å². The maximum absolute atomic E-state index is 4.13. The molecule has 0 amide bonds. The Morgan fingerprint density at radius 1 is 1.10 bits per heavy atom. The molecule has 3 aromatic rings. The van der Waals surface area contributed by atoms with Gasteiger partial charge in [0.1, 0.15) is 0 Å². The first-order valence-electron chi connectivity index (χ1n) is 7.33. The number of fused-ring (bicyclic) bond motifs is 1. The zero-order valence-corrected chi connectivity index (χ0v) is 11.8. The van der Waals surface area contributed by atoms with Gasteiger partial charge in [0.05, 0.1) is 12.4 Å². The van der Waals surface area contributed by atoms with Gasteiger partial charge in [0, 0.05) is 43.4 Å². The Morgan fingerprint density at radius 3 is 2.81 bits per heavy atom. The third-order valence-corrected chi connectivity index (χ3v) is 4.18. The summed E-state index contributed by atoms with van der Waals surface area (Å²) in [6.07, 6.45) is 5.84. The summed E-state index contributed by atoms with van der Waals surface area (Å²) in [6, 6.07) is 15.4. The minimum atomic E-state index is 0.304. The first-order chi connectivity index (χ1) is 10.4. The molecule has 1 atom stereocenters. The van der Waals surface area contributed by atoms with Gasteiger partial charge in [-0.25, -0.2) is 4.98 Å². The highest BCUT2D eigenvalue weighted by Crippen LogP contribution is 2.32. The van der Waals surface area contributed by atoms with Gasteiger partial charge in [-0.3, -0.25) is 4.90 Å². The number of H-pyrrole nitrogens is 1. The topological polar surface area (TPSA) is 36.9 Å². The maximum atomic E-state index is 4.13. The van der Waals surface area contributed by atoms with E-state index in [1.165, 1.54) is 11.3 Å². The summed E-state index contributed by atoms with van der Waals surface area (Å²) in [7, 11) is 0. The SMILES string of the molecule is c1ccc(C2c3cccn3CCN2Cc2cnc[nH]2)cc1. The average Bonchev–Trinajstić information content (AvgIpc) is 3.19. The van der Waals surface area contributed by atoms with Crippen molar-refractivity contribution in [1.82, 2.24) is 19.4 Å². The lowest BCUT2D eigenvalue weighted by Crippen LogP contribution is -2.38. The van der Waals surface area contributed by atoms with E-state index in [1.807, 2.05) is 6.20 Å². The summed E-state index contributed by atoms with van der Waals surface area (Å²) in [6.45, 7) is 2.98. The van der Waals surface area contributed by atoms with E-state index in [4.69, 9.17) is 0 Å². The molecule has 0 radical (unpaired) electrons. The van der Waals surface area contributed by atoms with Crippen molar-refractivity contribution in [3.8, 4) is 0 Å². The molecular weight excluding hydrogens is 260 g/mol. The molecule has 2 aromatic heterocycles. The number of benzene rings is 1. The van der Waals surface area contributed by atoms with Crippen LogP contribution in [-0.4, -0.2) is 26.0 Å². The monoisotopic (exact) mass is 278 g/mol. The predicted molar refractivity (Wildman–Crippen MR) is 81.7 cm³/mol. The Morgan fingerprint density at radius 2 is 2.00 bits per heavy atom. The number of aromatic amines is 1. The molecule has 0 saturated heterocycles. The van der Waals surface area contributed by atoms with Crippen LogP contribution in [0.2, 0.25) is 0 Å². The molecule has 21 heavy (non-hydrogen) atoms. The molecule has 0 spiro atoms. The van der Waals surface area contributed by atoms with Crippen molar-refractivity contribution in [2.75, 3.05) is 6.54 Å². The highest BCUT2D eigenvalue weighted by molar-refractivity contribution is 5.30. The van der Waals surface area contributed by atoms with Gasteiger partial charge in [0.25, 0.3) is 0 Å². The lowest BCUT2D eigenvalue weighted by molar-refractivity contribution is 0.173. The fourth-order valence-electron chi connectivity index (χ4n) is 3.21. The second-order valence-corrected chi connectivity index (χ2v) is 5.49. The van der Waals surface area contributed by atoms with Crippen LogP contribution in [0.5, 0.6) is 0 Å². The summed E-state index contributed by atoms with van der Waals surface area (Å²) in [5.41, 5.74) is 3.87. The molecule has 1 unspecified atom stereocenters. The van der Waals surface area contributed by atoms with Crippen LogP contribution in [0.25, 0.3) is 0 Å². The second kappa shape index (κ2) is 5.22. The first kappa shape index (κ1) is 12.4. The lowest BCUT2D eigenvalue weighted by Gasteiger charge is -2.37. The van der Waals surface area contributed by atoms with Gasteiger partial charge >= 0.3 is 0 Å². The van der Waals surface area contributed by atoms with E-state index in [0.29, 0.717) is 6.04 Å². The minimum absolute atomic E-state index is 0.304. The van der Waals surface area contributed by atoms with E-state index in [-0.39, 0.29) is 0 Å². The van der Waals surface area contributed by atoms with Crippen molar-refractivity contribution in [3.63, 3.8) is 0 Å². The fraction of sp³-hybridized carbons (Fsp3) is 0.235. The van der Waals surface area contributed by atoms with Crippen molar-refractivity contribution >= 4 is 0 Å². The van der Waals surface area contributed by atoms with Crippen LogP contribution in [0.4, 0.5) is 0 Å². The number of aromatic nitrogens is 3. The molecule has 0 bridgehead atoms. The maximum Gasteiger partial charge on any atom is 0.0922 e. The highest BCUT2D eigenvalue weighted by atomic mass is 15.2. The largest absolute Gasteiger partial charge is 0.348 e. The zero-order chi connectivity index (χ0) is 14.1.